The first kappa shape index (κ1) is 14.5. The largest absolute Gasteiger partial charge is 0.491 e. The van der Waals surface area contributed by atoms with E-state index in [0.717, 1.165) is 23.1 Å². The molecule has 4 heteroatoms. The van der Waals surface area contributed by atoms with Crippen molar-refractivity contribution in [3.63, 3.8) is 0 Å². The van der Waals surface area contributed by atoms with E-state index < -0.39 is 6.10 Å². The van der Waals surface area contributed by atoms with Gasteiger partial charge in [-0.15, -0.1) is 0 Å². The highest BCUT2D eigenvalue weighted by Crippen LogP contribution is 2.28. The fourth-order valence-electron chi connectivity index (χ4n) is 1.44. The quantitative estimate of drug-likeness (QED) is 0.785. The molecule has 0 spiro atoms. The second-order valence-electron chi connectivity index (χ2n) is 3.82. The van der Waals surface area contributed by atoms with Gasteiger partial charge in [0, 0.05) is 16.6 Å². The number of hydrogen-bond acceptors (Lipinski definition) is 3. The number of hydrogen-bond donors (Lipinski definition) is 1. The Balaban J connectivity index is 2.53. The number of aliphatic hydroxyl groups is 1. The molecule has 0 unspecified atom stereocenters. The highest BCUT2D eigenvalue weighted by molar-refractivity contribution is 9.10. The summed E-state index contributed by atoms with van der Waals surface area (Å²) in [7, 11) is 0. The van der Waals surface area contributed by atoms with Gasteiger partial charge < -0.3 is 14.6 Å². The van der Waals surface area contributed by atoms with Gasteiger partial charge in [-0.1, -0.05) is 28.9 Å². The SMILES string of the molecule is CCCOCCOc1cc(Br)ccc1[C@@H](C)O. The highest BCUT2D eigenvalue weighted by atomic mass is 79.9. The van der Waals surface area contributed by atoms with Gasteiger partial charge in [-0.05, 0) is 25.5 Å². The minimum Gasteiger partial charge on any atom is -0.491 e. The lowest BCUT2D eigenvalue weighted by molar-refractivity contribution is 0.0986. The van der Waals surface area contributed by atoms with Crippen molar-refractivity contribution in [3.8, 4) is 5.75 Å². The summed E-state index contributed by atoms with van der Waals surface area (Å²) in [5, 5.41) is 9.61. The lowest BCUT2D eigenvalue weighted by atomic mass is 10.1. The van der Waals surface area contributed by atoms with Crippen molar-refractivity contribution in [1.29, 1.82) is 0 Å². The van der Waals surface area contributed by atoms with Crippen molar-refractivity contribution in [3.05, 3.63) is 28.2 Å². The van der Waals surface area contributed by atoms with Crippen molar-refractivity contribution in [2.75, 3.05) is 19.8 Å². The summed E-state index contributed by atoms with van der Waals surface area (Å²) in [6, 6.07) is 5.61. The van der Waals surface area contributed by atoms with E-state index in [0.29, 0.717) is 19.0 Å². The van der Waals surface area contributed by atoms with Crippen LogP contribution >= 0.6 is 15.9 Å². The standard InChI is InChI=1S/C13H19BrO3/c1-3-6-16-7-8-17-13-9-11(14)4-5-12(13)10(2)15/h4-5,9-10,15H,3,6-8H2,1-2H3/t10-/m1/s1. The molecule has 1 aromatic carbocycles. The Morgan fingerprint density at radius 3 is 2.71 bits per heavy atom. The zero-order valence-corrected chi connectivity index (χ0v) is 11.9. The van der Waals surface area contributed by atoms with Crippen LogP contribution in [-0.2, 0) is 4.74 Å². The van der Waals surface area contributed by atoms with Crippen LogP contribution in [0.3, 0.4) is 0 Å². The summed E-state index contributed by atoms with van der Waals surface area (Å²) in [5.74, 6) is 0.703. The Bertz CT molecular complexity index is 339. The van der Waals surface area contributed by atoms with Gasteiger partial charge >= 0.3 is 0 Å². The van der Waals surface area contributed by atoms with Crippen molar-refractivity contribution < 1.29 is 14.6 Å². The predicted octanol–water partition coefficient (Wildman–Crippen LogP) is 3.31. The van der Waals surface area contributed by atoms with Crippen LogP contribution in [0.1, 0.15) is 31.9 Å². The van der Waals surface area contributed by atoms with Gasteiger partial charge in [0.05, 0.1) is 12.7 Å². The summed E-state index contributed by atoms with van der Waals surface area (Å²) in [6.45, 7) is 5.62. The first-order valence-electron chi connectivity index (χ1n) is 5.83. The fraction of sp³-hybridized carbons (Fsp3) is 0.538. The molecule has 0 aliphatic carbocycles. The number of ether oxygens (including phenoxy) is 2. The molecule has 17 heavy (non-hydrogen) atoms. The molecule has 0 saturated carbocycles. The van der Waals surface area contributed by atoms with Gasteiger partial charge in [0.25, 0.3) is 0 Å². The Labute approximate surface area is 111 Å². The molecule has 0 bridgehead atoms. The molecule has 0 aromatic heterocycles. The summed E-state index contributed by atoms with van der Waals surface area (Å²) in [4.78, 5) is 0. The van der Waals surface area contributed by atoms with E-state index in [4.69, 9.17) is 9.47 Å². The van der Waals surface area contributed by atoms with Crippen LogP contribution in [0.5, 0.6) is 5.75 Å². The maximum absolute atomic E-state index is 9.61. The van der Waals surface area contributed by atoms with Gasteiger partial charge in [-0.2, -0.15) is 0 Å². The molecule has 0 aliphatic rings. The van der Waals surface area contributed by atoms with Gasteiger partial charge in [0.1, 0.15) is 12.4 Å². The van der Waals surface area contributed by atoms with Crippen molar-refractivity contribution >= 4 is 15.9 Å². The molecule has 96 valence electrons. The summed E-state index contributed by atoms with van der Waals surface area (Å²) < 4.78 is 11.9. The van der Waals surface area contributed by atoms with Crippen molar-refractivity contribution in [2.24, 2.45) is 0 Å². The lowest BCUT2D eigenvalue weighted by Gasteiger charge is -2.13. The Hall–Kier alpha value is -0.580. The van der Waals surface area contributed by atoms with Crippen molar-refractivity contribution in [1.82, 2.24) is 0 Å². The molecule has 1 N–H and O–H groups in total. The van der Waals surface area contributed by atoms with Gasteiger partial charge in [0.2, 0.25) is 0 Å². The lowest BCUT2D eigenvalue weighted by Crippen LogP contribution is -2.09. The predicted molar refractivity (Wildman–Crippen MR) is 71.4 cm³/mol. The van der Waals surface area contributed by atoms with Crippen LogP contribution in [-0.4, -0.2) is 24.9 Å². The second-order valence-corrected chi connectivity index (χ2v) is 4.73. The first-order chi connectivity index (χ1) is 8.15. The monoisotopic (exact) mass is 302 g/mol. The van der Waals surface area contributed by atoms with Crippen LogP contribution in [0.4, 0.5) is 0 Å². The molecule has 0 saturated heterocycles. The van der Waals surface area contributed by atoms with Crippen LogP contribution in [0.15, 0.2) is 22.7 Å². The smallest absolute Gasteiger partial charge is 0.126 e. The topological polar surface area (TPSA) is 38.7 Å². The van der Waals surface area contributed by atoms with Crippen LogP contribution in [0.2, 0.25) is 0 Å². The third-order valence-corrected chi connectivity index (χ3v) is 2.75. The summed E-state index contributed by atoms with van der Waals surface area (Å²) >= 11 is 3.39. The Kier molecular flexibility index (Phi) is 6.55. The van der Waals surface area contributed by atoms with Crippen LogP contribution < -0.4 is 4.74 Å². The maximum Gasteiger partial charge on any atom is 0.126 e. The number of halogens is 1. The van der Waals surface area contributed by atoms with E-state index in [1.54, 1.807) is 6.92 Å². The van der Waals surface area contributed by atoms with E-state index in [2.05, 4.69) is 22.9 Å². The maximum atomic E-state index is 9.61. The second kappa shape index (κ2) is 7.69. The zero-order valence-electron chi connectivity index (χ0n) is 10.3. The zero-order chi connectivity index (χ0) is 12.7. The molecule has 3 nitrogen and oxygen atoms in total. The van der Waals surface area contributed by atoms with E-state index in [1.807, 2.05) is 18.2 Å². The number of rotatable bonds is 7. The highest BCUT2D eigenvalue weighted by Gasteiger charge is 2.09. The summed E-state index contributed by atoms with van der Waals surface area (Å²) in [5.41, 5.74) is 0.795. The fourth-order valence-corrected chi connectivity index (χ4v) is 1.78. The van der Waals surface area contributed by atoms with Gasteiger partial charge in [0.15, 0.2) is 0 Å². The van der Waals surface area contributed by atoms with E-state index in [-0.39, 0.29) is 0 Å². The summed E-state index contributed by atoms with van der Waals surface area (Å²) in [6.07, 6.45) is 0.477. The molecule has 0 heterocycles. The van der Waals surface area contributed by atoms with E-state index in [1.165, 1.54) is 0 Å². The molecular weight excluding hydrogens is 284 g/mol. The molecule has 0 radical (unpaired) electrons. The molecule has 1 aromatic rings. The van der Waals surface area contributed by atoms with E-state index in [9.17, 15) is 5.11 Å². The van der Waals surface area contributed by atoms with Crippen LogP contribution in [0.25, 0.3) is 0 Å². The average molecular weight is 303 g/mol. The minimum absolute atomic E-state index is 0.496. The van der Waals surface area contributed by atoms with Crippen LogP contribution in [0, 0.1) is 0 Å². The number of benzene rings is 1. The third kappa shape index (κ3) is 5.06. The Morgan fingerprint density at radius 2 is 2.06 bits per heavy atom. The molecule has 1 rings (SSSR count). The average Bonchev–Trinajstić information content (AvgIpc) is 2.28. The van der Waals surface area contributed by atoms with Gasteiger partial charge in [-0.25, -0.2) is 0 Å². The normalized spacial score (nSPS) is 12.5. The van der Waals surface area contributed by atoms with Gasteiger partial charge in [-0.3, -0.25) is 0 Å². The molecule has 0 fully saturated rings. The van der Waals surface area contributed by atoms with Crippen molar-refractivity contribution in [2.45, 2.75) is 26.4 Å². The molecule has 1 atom stereocenters. The molecule has 0 aliphatic heterocycles. The Morgan fingerprint density at radius 1 is 1.29 bits per heavy atom. The minimum atomic E-state index is -0.533. The van der Waals surface area contributed by atoms with E-state index >= 15 is 0 Å². The third-order valence-electron chi connectivity index (χ3n) is 2.26. The molecule has 0 amide bonds. The first-order valence-corrected chi connectivity index (χ1v) is 6.62. The number of aliphatic hydroxyl groups excluding tert-OH is 1. The molecular formula is C13H19BrO3.